The van der Waals surface area contributed by atoms with Crippen LogP contribution in [-0.2, 0) is 9.53 Å². The van der Waals surface area contributed by atoms with Crippen molar-refractivity contribution in [3.05, 3.63) is 47.1 Å². The number of carbonyl (C=O) groups excluding carboxylic acids is 1. The second-order valence-electron chi connectivity index (χ2n) is 8.96. The number of carbonyl (C=O) groups is 1. The Morgan fingerprint density at radius 3 is 2.71 bits per heavy atom. The summed E-state index contributed by atoms with van der Waals surface area (Å²) < 4.78 is 11.1. The highest BCUT2D eigenvalue weighted by Gasteiger charge is 2.68. The predicted octanol–water partition coefficient (Wildman–Crippen LogP) is 3.16. The Morgan fingerprint density at radius 1 is 1.19 bits per heavy atom. The van der Waals surface area contributed by atoms with Gasteiger partial charge in [0.1, 0.15) is 11.6 Å². The van der Waals surface area contributed by atoms with Gasteiger partial charge in [-0.2, -0.15) is 0 Å². The number of halogens is 1. The molecule has 0 spiro atoms. The van der Waals surface area contributed by atoms with Crippen LogP contribution in [0.4, 0.5) is 11.5 Å². The van der Waals surface area contributed by atoms with E-state index in [4.69, 9.17) is 21.1 Å². The highest BCUT2D eigenvalue weighted by molar-refractivity contribution is 6.31. The summed E-state index contributed by atoms with van der Waals surface area (Å²) in [4.78, 5) is 19.2. The van der Waals surface area contributed by atoms with E-state index in [2.05, 4.69) is 26.6 Å². The summed E-state index contributed by atoms with van der Waals surface area (Å²) in [6.07, 6.45) is 4.59. The van der Waals surface area contributed by atoms with Gasteiger partial charge in [-0.25, -0.2) is 4.98 Å². The van der Waals surface area contributed by atoms with Gasteiger partial charge in [-0.15, -0.1) is 0 Å². The minimum Gasteiger partial charge on any atom is -0.484 e. The third kappa shape index (κ3) is 4.16. The summed E-state index contributed by atoms with van der Waals surface area (Å²) in [5, 5.41) is 7.45. The number of hydrogen-bond donors (Lipinski definition) is 2. The van der Waals surface area contributed by atoms with Gasteiger partial charge in [0.2, 0.25) is 0 Å². The highest BCUT2D eigenvalue weighted by Crippen LogP contribution is 2.61. The number of aryl methyl sites for hydroxylation is 1. The van der Waals surface area contributed by atoms with E-state index in [0.717, 1.165) is 56.9 Å². The van der Waals surface area contributed by atoms with Gasteiger partial charge < -0.3 is 25.0 Å². The number of morpholine rings is 1. The molecule has 4 fully saturated rings. The Hall–Kier alpha value is -2.51. The summed E-state index contributed by atoms with van der Waals surface area (Å²) >= 11 is 6.03. The van der Waals surface area contributed by atoms with Crippen molar-refractivity contribution in [1.29, 1.82) is 0 Å². The molecule has 4 aliphatic rings. The number of anilines is 2. The average Bonchev–Trinajstić information content (AvgIpc) is 2.73. The van der Waals surface area contributed by atoms with Crippen molar-refractivity contribution >= 4 is 29.0 Å². The quantitative estimate of drug-likeness (QED) is 0.686. The third-order valence-corrected chi connectivity index (χ3v) is 6.87. The molecule has 1 aromatic carbocycles. The van der Waals surface area contributed by atoms with E-state index >= 15 is 0 Å². The van der Waals surface area contributed by atoms with Gasteiger partial charge in [-0.1, -0.05) is 11.6 Å². The zero-order valence-electron chi connectivity index (χ0n) is 17.6. The normalized spacial score (nSPS) is 26.5. The summed E-state index contributed by atoms with van der Waals surface area (Å²) in [6, 6.07) is 9.55. The number of nitrogens with one attached hydrogen (secondary N) is 2. The first-order chi connectivity index (χ1) is 14.9. The second kappa shape index (κ2) is 7.88. The van der Waals surface area contributed by atoms with Gasteiger partial charge >= 0.3 is 0 Å². The first-order valence-electron chi connectivity index (χ1n) is 10.7. The number of aromatic nitrogens is 1. The van der Waals surface area contributed by atoms with Crippen molar-refractivity contribution in [2.45, 2.75) is 37.3 Å². The van der Waals surface area contributed by atoms with E-state index in [-0.39, 0.29) is 23.6 Å². The van der Waals surface area contributed by atoms with Crippen molar-refractivity contribution in [3.8, 4) is 5.75 Å². The maximum absolute atomic E-state index is 12.4. The SMILES string of the molecule is Cc1cc(OCC(=O)NC23CC(Nc4cc(N5CCOCC5)ccn4)(C2)C3)ccc1Cl. The van der Waals surface area contributed by atoms with E-state index in [1.807, 2.05) is 25.3 Å². The zero-order valence-corrected chi connectivity index (χ0v) is 18.4. The van der Waals surface area contributed by atoms with Crippen molar-refractivity contribution in [1.82, 2.24) is 10.3 Å². The number of pyridine rings is 1. The molecule has 1 amide bonds. The summed E-state index contributed by atoms with van der Waals surface area (Å²) in [5.41, 5.74) is 2.03. The molecule has 1 saturated heterocycles. The molecule has 1 aromatic heterocycles. The van der Waals surface area contributed by atoms with Gasteiger partial charge in [-0.3, -0.25) is 4.79 Å². The summed E-state index contributed by atoms with van der Waals surface area (Å²) in [5.74, 6) is 1.46. The van der Waals surface area contributed by atoms with Crippen LogP contribution in [0.25, 0.3) is 0 Å². The average molecular weight is 443 g/mol. The zero-order chi connectivity index (χ0) is 21.5. The second-order valence-corrected chi connectivity index (χ2v) is 9.37. The van der Waals surface area contributed by atoms with Crippen LogP contribution in [0.1, 0.15) is 24.8 Å². The topological polar surface area (TPSA) is 75.7 Å². The molecule has 2 aromatic rings. The van der Waals surface area contributed by atoms with Crippen LogP contribution in [0.3, 0.4) is 0 Å². The Labute approximate surface area is 187 Å². The van der Waals surface area contributed by atoms with Gasteiger partial charge in [0.15, 0.2) is 6.61 Å². The molecule has 2 heterocycles. The molecule has 8 heteroatoms. The Morgan fingerprint density at radius 2 is 1.97 bits per heavy atom. The minimum atomic E-state index is -0.106. The molecule has 0 radical (unpaired) electrons. The fraction of sp³-hybridized carbons (Fsp3) is 0.478. The number of amides is 1. The molecule has 7 nitrogen and oxygen atoms in total. The Bertz CT molecular complexity index is 973. The first kappa shape index (κ1) is 20.4. The van der Waals surface area contributed by atoms with Gasteiger partial charge in [-0.05, 0) is 56.0 Å². The number of ether oxygens (including phenoxy) is 2. The monoisotopic (exact) mass is 442 g/mol. The van der Waals surface area contributed by atoms with Crippen LogP contribution in [0.5, 0.6) is 5.75 Å². The third-order valence-electron chi connectivity index (χ3n) is 6.45. The molecule has 2 bridgehead atoms. The van der Waals surface area contributed by atoms with Crippen molar-refractivity contribution in [3.63, 3.8) is 0 Å². The number of nitrogens with zero attached hydrogens (tertiary/aromatic N) is 2. The maximum atomic E-state index is 12.4. The van der Waals surface area contributed by atoms with E-state index in [1.54, 1.807) is 12.1 Å². The lowest BCUT2D eigenvalue weighted by Crippen LogP contribution is -2.81. The molecule has 31 heavy (non-hydrogen) atoms. The van der Waals surface area contributed by atoms with Gasteiger partial charge in [0.25, 0.3) is 5.91 Å². The summed E-state index contributed by atoms with van der Waals surface area (Å²) in [7, 11) is 0. The predicted molar refractivity (Wildman–Crippen MR) is 120 cm³/mol. The molecular weight excluding hydrogens is 416 g/mol. The lowest BCUT2D eigenvalue weighted by Gasteiger charge is -2.70. The van der Waals surface area contributed by atoms with Crippen LogP contribution in [0.2, 0.25) is 5.02 Å². The smallest absolute Gasteiger partial charge is 0.258 e. The summed E-state index contributed by atoms with van der Waals surface area (Å²) in [6.45, 7) is 5.25. The molecule has 164 valence electrons. The molecule has 3 saturated carbocycles. The molecular formula is C23H27ClN4O3. The fourth-order valence-corrected chi connectivity index (χ4v) is 5.14. The Kier molecular flexibility index (Phi) is 5.18. The largest absolute Gasteiger partial charge is 0.484 e. The van der Waals surface area contributed by atoms with E-state index in [9.17, 15) is 4.79 Å². The van der Waals surface area contributed by atoms with E-state index in [0.29, 0.717) is 10.8 Å². The number of hydrogen-bond acceptors (Lipinski definition) is 6. The van der Waals surface area contributed by atoms with Crippen LogP contribution in [-0.4, -0.2) is 54.9 Å². The molecule has 6 rings (SSSR count). The van der Waals surface area contributed by atoms with Crippen LogP contribution < -0.4 is 20.3 Å². The molecule has 3 aliphatic carbocycles. The lowest BCUT2D eigenvalue weighted by atomic mass is 9.44. The first-order valence-corrected chi connectivity index (χ1v) is 11.1. The van der Waals surface area contributed by atoms with Gasteiger partial charge in [0.05, 0.1) is 13.2 Å². The van der Waals surface area contributed by atoms with Crippen LogP contribution in [0, 0.1) is 6.92 Å². The number of rotatable bonds is 7. The standard InChI is InChI=1S/C23H27ClN4O3/c1-16-10-18(2-3-19(16)24)31-12-21(29)27-23-13-22(14-23,15-23)26-20-11-17(4-5-25-20)28-6-8-30-9-7-28/h2-5,10-11H,6-9,12-15H2,1H3,(H,25,26)(H,27,29). The lowest BCUT2D eigenvalue weighted by molar-refractivity contribution is -0.135. The van der Waals surface area contributed by atoms with Crippen molar-refractivity contribution in [2.24, 2.45) is 0 Å². The molecule has 2 N–H and O–H groups in total. The van der Waals surface area contributed by atoms with Crippen LogP contribution >= 0.6 is 11.6 Å². The van der Waals surface area contributed by atoms with Gasteiger partial charge in [0, 0.05) is 47.1 Å². The van der Waals surface area contributed by atoms with Crippen molar-refractivity contribution < 1.29 is 14.3 Å². The van der Waals surface area contributed by atoms with E-state index < -0.39 is 0 Å². The molecule has 1 aliphatic heterocycles. The number of benzene rings is 1. The molecule has 0 unspecified atom stereocenters. The maximum Gasteiger partial charge on any atom is 0.258 e. The fourth-order valence-electron chi connectivity index (χ4n) is 5.02. The van der Waals surface area contributed by atoms with E-state index in [1.165, 1.54) is 5.69 Å². The molecule has 0 atom stereocenters. The van der Waals surface area contributed by atoms with Crippen molar-refractivity contribution in [2.75, 3.05) is 43.1 Å². The Balaban J connectivity index is 1.10. The van der Waals surface area contributed by atoms with Crippen LogP contribution in [0.15, 0.2) is 36.5 Å². The highest BCUT2D eigenvalue weighted by atomic mass is 35.5. The minimum absolute atomic E-state index is 0.00635.